The van der Waals surface area contributed by atoms with Crippen LogP contribution in [0, 0.1) is 0 Å². The van der Waals surface area contributed by atoms with Crippen molar-refractivity contribution in [3.05, 3.63) is 42.5 Å². The Morgan fingerprint density at radius 2 is 1.83 bits per heavy atom. The predicted molar refractivity (Wildman–Crippen MR) is 117 cm³/mol. The van der Waals surface area contributed by atoms with E-state index in [0.717, 1.165) is 17.4 Å². The fourth-order valence-corrected chi connectivity index (χ4v) is 4.19. The zero-order valence-electron chi connectivity index (χ0n) is 17.4. The molecule has 2 aromatic rings. The average Bonchev–Trinajstić information content (AvgIpc) is 2.65. The molecule has 1 unspecified atom stereocenters. The number of carbonyl (C=O) groups excluding carboxylic acids is 2. The Labute approximate surface area is 176 Å². The van der Waals surface area contributed by atoms with Gasteiger partial charge in [0.15, 0.2) is 0 Å². The Morgan fingerprint density at radius 1 is 1.13 bits per heavy atom. The summed E-state index contributed by atoms with van der Waals surface area (Å²) in [7, 11) is -3.40. The van der Waals surface area contributed by atoms with E-state index in [0.29, 0.717) is 23.6 Å². The van der Waals surface area contributed by atoms with E-state index in [-0.39, 0.29) is 18.6 Å². The van der Waals surface area contributed by atoms with E-state index in [1.165, 1.54) is 11.8 Å². The van der Waals surface area contributed by atoms with Crippen LogP contribution in [0.5, 0.6) is 0 Å². The average molecular weight is 432 g/mol. The summed E-state index contributed by atoms with van der Waals surface area (Å²) in [6.45, 7) is 5.67. The molecule has 3 rings (SSSR count). The summed E-state index contributed by atoms with van der Waals surface area (Å²) in [6.07, 6.45) is 0.617. The van der Waals surface area contributed by atoms with Crippen molar-refractivity contribution in [1.29, 1.82) is 0 Å². The van der Waals surface area contributed by atoms with Gasteiger partial charge in [0.2, 0.25) is 15.9 Å². The highest BCUT2D eigenvalue weighted by Crippen LogP contribution is 2.39. The Hall–Kier alpha value is -3.07. The number of fused-ring (bicyclic) bond motifs is 1. The number of nitrogens with one attached hydrogen (secondary N) is 1. The molecule has 0 fully saturated rings. The normalized spacial score (nSPS) is 16.1. The Morgan fingerprint density at radius 3 is 2.47 bits per heavy atom. The Bertz CT molecular complexity index is 1080. The van der Waals surface area contributed by atoms with Crippen LogP contribution >= 0.6 is 0 Å². The zero-order chi connectivity index (χ0) is 22.1. The van der Waals surface area contributed by atoms with Gasteiger partial charge in [0.1, 0.15) is 0 Å². The molecule has 1 N–H and O–H groups in total. The lowest BCUT2D eigenvalue weighted by atomic mass is 10.0. The number of anilines is 3. The minimum atomic E-state index is -3.40. The highest BCUT2D eigenvalue weighted by Gasteiger charge is 2.34. The lowest BCUT2D eigenvalue weighted by Gasteiger charge is -2.40. The predicted octanol–water partition coefficient (Wildman–Crippen LogP) is 3.44. The number of carbonyl (C=O) groups is 2. The van der Waals surface area contributed by atoms with E-state index in [1.807, 2.05) is 25.1 Å². The summed E-state index contributed by atoms with van der Waals surface area (Å²) in [4.78, 5) is 28.0. The number of amides is 2. The second kappa shape index (κ2) is 8.35. The number of hydrogen-bond acceptors (Lipinski definition) is 5. The maximum atomic E-state index is 12.6. The van der Waals surface area contributed by atoms with Crippen LogP contribution in [0.2, 0.25) is 0 Å². The molecule has 0 saturated heterocycles. The van der Waals surface area contributed by atoms with Gasteiger partial charge in [0.05, 0.1) is 30.3 Å². The molecule has 160 valence electrons. The fraction of sp³-hybridized carbons (Fsp3) is 0.333. The monoisotopic (exact) mass is 431 g/mol. The lowest BCUT2D eigenvalue weighted by Crippen LogP contribution is -2.51. The molecule has 9 heteroatoms. The van der Waals surface area contributed by atoms with E-state index in [9.17, 15) is 18.0 Å². The quantitative estimate of drug-likeness (QED) is 0.800. The van der Waals surface area contributed by atoms with Gasteiger partial charge < -0.3 is 9.64 Å². The Kier molecular flexibility index (Phi) is 6.02. The van der Waals surface area contributed by atoms with Gasteiger partial charge in [0.25, 0.3) is 0 Å². The molecule has 1 atom stereocenters. The molecule has 30 heavy (non-hydrogen) atoms. The molecular formula is C21H25N3O5S. The minimum absolute atomic E-state index is 0.112. The molecule has 0 radical (unpaired) electrons. The van der Waals surface area contributed by atoms with Crippen LogP contribution in [0.1, 0.15) is 20.8 Å². The fourth-order valence-electron chi connectivity index (χ4n) is 3.64. The number of nitrogens with zero attached hydrogens (tertiary/aromatic N) is 2. The Balaban J connectivity index is 2.09. The molecule has 0 bridgehead atoms. The van der Waals surface area contributed by atoms with Gasteiger partial charge in [-0.05, 0) is 49.2 Å². The van der Waals surface area contributed by atoms with Crippen molar-refractivity contribution in [2.24, 2.45) is 0 Å². The molecule has 0 saturated carbocycles. The first kappa shape index (κ1) is 21.6. The summed E-state index contributed by atoms with van der Waals surface area (Å²) in [5, 5.41) is 0. The van der Waals surface area contributed by atoms with E-state index >= 15 is 0 Å². The van der Waals surface area contributed by atoms with Crippen LogP contribution in [0.15, 0.2) is 42.5 Å². The molecule has 2 amide bonds. The molecule has 1 aliphatic heterocycles. The molecule has 2 aromatic carbocycles. The van der Waals surface area contributed by atoms with Crippen LogP contribution in [0.4, 0.5) is 21.9 Å². The number of rotatable bonds is 4. The molecule has 1 aliphatic rings. The van der Waals surface area contributed by atoms with Crippen molar-refractivity contribution in [2.75, 3.05) is 33.9 Å². The van der Waals surface area contributed by atoms with Crippen LogP contribution < -0.4 is 14.5 Å². The van der Waals surface area contributed by atoms with Gasteiger partial charge in [-0.2, -0.15) is 0 Å². The summed E-state index contributed by atoms with van der Waals surface area (Å²) in [6, 6.07) is 12.2. The van der Waals surface area contributed by atoms with Crippen LogP contribution in [0.25, 0.3) is 11.1 Å². The summed E-state index contributed by atoms with van der Waals surface area (Å²) in [5.74, 6) is -0.112. The van der Waals surface area contributed by atoms with Crippen LogP contribution in [-0.2, 0) is 19.6 Å². The van der Waals surface area contributed by atoms with E-state index in [2.05, 4.69) is 4.72 Å². The number of sulfonamides is 1. The highest BCUT2D eigenvalue weighted by molar-refractivity contribution is 7.92. The van der Waals surface area contributed by atoms with E-state index in [4.69, 9.17) is 4.74 Å². The molecule has 0 spiro atoms. The second-order valence-corrected chi connectivity index (χ2v) is 8.95. The number of hydrogen-bond donors (Lipinski definition) is 1. The maximum absolute atomic E-state index is 12.6. The molecule has 8 nitrogen and oxygen atoms in total. The first-order chi connectivity index (χ1) is 14.1. The third kappa shape index (κ3) is 4.56. The van der Waals surface area contributed by atoms with Gasteiger partial charge in [-0.1, -0.05) is 18.2 Å². The largest absolute Gasteiger partial charge is 0.449 e. The zero-order valence-corrected chi connectivity index (χ0v) is 18.2. The van der Waals surface area contributed by atoms with Gasteiger partial charge in [0, 0.05) is 19.2 Å². The third-order valence-electron chi connectivity index (χ3n) is 4.74. The second-order valence-electron chi connectivity index (χ2n) is 7.21. The summed E-state index contributed by atoms with van der Waals surface area (Å²) in [5.41, 5.74) is 3.18. The topological polar surface area (TPSA) is 96.0 Å². The molecule has 0 aliphatic carbocycles. The summed E-state index contributed by atoms with van der Waals surface area (Å²) >= 11 is 0. The van der Waals surface area contributed by atoms with Gasteiger partial charge in [-0.15, -0.1) is 0 Å². The number of benzene rings is 2. The first-order valence-corrected chi connectivity index (χ1v) is 11.5. The third-order valence-corrected chi connectivity index (χ3v) is 5.35. The minimum Gasteiger partial charge on any atom is -0.449 e. The maximum Gasteiger partial charge on any atom is 0.414 e. The van der Waals surface area contributed by atoms with Crippen molar-refractivity contribution in [3.8, 4) is 11.1 Å². The lowest BCUT2D eigenvalue weighted by molar-refractivity contribution is -0.117. The highest BCUT2D eigenvalue weighted by atomic mass is 32.2. The molecular weight excluding hydrogens is 406 g/mol. The van der Waals surface area contributed by atoms with Crippen molar-refractivity contribution < 1.29 is 22.7 Å². The SMILES string of the molecule is CCOC(=O)N1CC(C)N(C(C)=O)c2ccc(-c3cccc(NS(C)(=O)=O)c3)cc21. The van der Waals surface area contributed by atoms with Crippen molar-refractivity contribution >= 4 is 39.1 Å². The smallest absolute Gasteiger partial charge is 0.414 e. The van der Waals surface area contributed by atoms with Gasteiger partial charge in [-0.3, -0.25) is 14.4 Å². The van der Waals surface area contributed by atoms with Crippen molar-refractivity contribution in [2.45, 2.75) is 26.8 Å². The molecule has 0 aromatic heterocycles. The van der Waals surface area contributed by atoms with Crippen molar-refractivity contribution in [3.63, 3.8) is 0 Å². The van der Waals surface area contributed by atoms with Crippen LogP contribution in [0.3, 0.4) is 0 Å². The number of ether oxygens (including phenoxy) is 1. The summed E-state index contributed by atoms with van der Waals surface area (Å²) < 4.78 is 30.8. The first-order valence-electron chi connectivity index (χ1n) is 9.57. The standard InChI is InChI=1S/C21H25N3O5S/c1-5-29-21(26)23-13-14(2)24(15(3)25)19-10-9-17(12-20(19)23)16-7-6-8-18(11-16)22-30(4,27)28/h6-12,14,22H,5,13H2,1-4H3. The van der Waals surface area contributed by atoms with Gasteiger partial charge >= 0.3 is 6.09 Å². The van der Waals surface area contributed by atoms with Crippen LogP contribution in [-0.4, -0.2) is 45.9 Å². The molecule has 1 heterocycles. The van der Waals surface area contributed by atoms with Crippen molar-refractivity contribution in [1.82, 2.24) is 0 Å². The van der Waals surface area contributed by atoms with E-state index in [1.54, 1.807) is 36.1 Å². The van der Waals surface area contributed by atoms with E-state index < -0.39 is 16.1 Å². The van der Waals surface area contributed by atoms with Gasteiger partial charge in [-0.25, -0.2) is 13.2 Å².